The summed E-state index contributed by atoms with van der Waals surface area (Å²) < 4.78 is 6.25. The summed E-state index contributed by atoms with van der Waals surface area (Å²) in [5.74, 6) is 0.561. The fourth-order valence-corrected chi connectivity index (χ4v) is 5.55. The molecule has 1 aromatic heterocycles. The highest BCUT2D eigenvalue weighted by atomic mass is 16.5. The molecule has 3 aromatic carbocycles. The van der Waals surface area contributed by atoms with Gasteiger partial charge in [-0.05, 0) is 74.8 Å². The molecule has 0 saturated carbocycles. The van der Waals surface area contributed by atoms with Crippen LogP contribution in [0, 0.1) is 13.8 Å². The summed E-state index contributed by atoms with van der Waals surface area (Å²) in [6.45, 7) is 8.63. The van der Waals surface area contributed by atoms with Gasteiger partial charge in [-0.1, -0.05) is 24.3 Å². The van der Waals surface area contributed by atoms with Gasteiger partial charge in [0.2, 0.25) is 17.7 Å². The molecule has 10 heteroatoms. The maximum absolute atomic E-state index is 13.6. The number of hydrogen-bond donors (Lipinski definition) is 2. The van der Waals surface area contributed by atoms with E-state index in [9.17, 15) is 9.59 Å². The highest BCUT2D eigenvalue weighted by Gasteiger charge is 2.23. The fraction of sp³-hybridized carbons (Fsp3) is 0.294. The number of benzene rings is 3. The van der Waals surface area contributed by atoms with Gasteiger partial charge < -0.3 is 30.1 Å². The molecule has 0 atom stereocenters. The van der Waals surface area contributed by atoms with Gasteiger partial charge in [0.05, 0.1) is 0 Å². The van der Waals surface area contributed by atoms with Gasteiger partial charge in [-0.25, -0.2) is 4.98 Å². The summed E-state index contributed by atoms with van der Waals surface area (Å²) in [5, 5.41) is 6.26. The number of piperazine rings is 1. The molecule has 4 aromatic rings. The van der Waals surface area contributed by atoms with Gasteiger partial charge in [-0.15, -0.1) is 0 Å². The van der Waals surface area contributed by atoms with Crippen molar-refractivity contribution in [1.29, 1.82) is 0 Å². The van der Waals surface area contributed by atoms with Crippen LogP contribution in [-0.2, 0) is 4.79 Å². The van der Waals surface area contributed by atoms with Gasteiger partial charge in [0.1, 0.15) is 11.3 Å². The molecule has 226 valence electrons. The summed E-state index contributed by atoms with van der Waals surface area (Å²) in [4.78, 5) is 41.5. The number of carbonyl (C=O) groups excluding carboxylic acids is 2. The van der Waals surface area contributed by atoms with Crippen LogP contribution in [-0.4, -0.2) is 66.5 Å². The van der Waals surface area contributed by atoms with Crippen molar-refractivity contribution in [3.8, 4) is 11.6 Å². The predicted molar refractivity (Wildman–Crippen MR) is 173 cm³/mol. The zero-order valence-electron chi connectivity index (χ0n) is 25.3. The number of hydrogen-bond acceptors (Lipinski definition) is 8. The van der Waals surface area contributed by atoms with Crippen LogP contribution in [0.25, 0.3) is 0 Å². The van der Waals surface area contributed by atoms with E-state index in [1.807, 2.05) is 56.3 Å². The van der Waals surface area contributed by atoms with E-state index in [2.05, 4.69) is 49.6 Å². The van der Waals surface area contributed by atoms with Crippen LogP contribution in [0.5, 0.6) is 11.6 Å². The summed E-state index contributed by atoms with van der Waals surface area (Å²) in [7, 11) is 2.15. The van der Waals surface area contributed by atoms with Gasteiger partial charge in [0.25, 0.3) is 5.91 Å². The molecule has 0 radical (unpaired) electrons. The first-order valence-corrected chi connectivity index (χ1v) is 15.0. The molecule has 10 nitrogen and oxygen atoms in total. The Bertz CT molecular complexity index is 1650. The molecular weight excluding hydrogens is 554 g/mol. The Morgan fingerprint density at radius 3 is 2.32 bits per heavy atom. The van der Waals surface area contributed by atoms with Gasteiger partial charge >= 0.3 is 0 Å². The third-order valence-corrected chi connectivity index (χ3v) is 8.13. The number of anilines is 5. The number of aryl methyl sites for hydroxylation is 2. The Labute approximate surface area is 257 Å². The van der Waals surface area contributed by atoms with E-state index in [4.69, 9.17) is 4.74 Å². The van der Waals surface area contributed by atoms with Crippen molar-refractivity contribution in [2.45, 2.75) is 26.7 Å². The molecule has 0 spiro atoms. The first-order valence-electron chi connectivity index (χ1n) is 15.0. The van der Waals surface area contributed by atoms with E-state index in [0.717, 1.165) is 60.8 Å². The largest absolute Gasteiger partial charge is 0.438 e. The Balaban J connectivity index is 1.27. The van der Waals surface area contributed by atoms with Gasteiger partial charge in [0, 0.05) is 74.2 Å². The molecule has 2 aliphatic rings. The average Bonchev–Trinajstić information content (AvgIpc) is 3.46. The van der Waals surface area contributed by atoms with Gasteiger partial charge in [-0.2, -0.15) is 4.98 Å². The maximum Gasteiger partial charge on any atom is 0.262 e. The first kappa shape index (κ1) is 29.1. The number of carbonyl (C=O) groups is 2. The molecule has 0 bridgehead atoms. The molecule has 2 fully saturated rings. The normalized spacial score (nSPS) is 15.4. The quantitative estimate of drug-likeness (QED) is 0.267. The van der Waals surface area contributed by atoms with Gasteiger partial charge in [-0.3, -0.25) is 9.59 Å². The van der Waals surface area contributed by atoms with Crippen LogP contribution in [0.15, 0.2) is 72.9 Å². The predicted octanol–water partition coefficient (Wildman–Crippen LogP) is 5.76. The zero-order chi connectivity index (χ0) is 30.6. The second kappa shape index (κ2) is 12.7. The van der Waals surface area contributed by atoms with Crippen LogP contribution in [0.3, 0.4) is 0 Å². The van der Waals surface area contributed by atoms with E-state index in [1.165, 1.54) is 11.9 Å². The number of nitrogens with one attached hydrogen (secondary N) is 2. The molecule has 0 aliphatic carbocycles. The van der Waals surface area contributed by atoms with Crippen LogP contribution in [0.2, 0.25) is 0 Å². The van der Waals surface area contributed by atoms with E-state index in [1.54, 1.807) is 17.0 Å². The molecule has 2 saturated heterocycles. The first-order chi connectivity index (χ1) is 21.3. The number of amides is 2. The van der Waals surface area contributed by atoms with Crippen molar-refractivity contribution in [3.63, 3.8) is 0 Å². The second-order valence-electron chi connectivity index (χ2n) is 11.3. The molecule has 3 heterocycles. The van der Waals surface area contributed by atoms with Crippen molar-refractivity contribution in [3.05, 3.63) is 89.6 Å². The van der Waals surface area contributed by atoms with Crippen molar-refractivity contribution in [1.82, 2.24) is 14.9 Å². The molecule has 2 amide bonds. The van der Waals surface area contributed by atoms with Crippen LogP contribution in [0.4, 0.5) is 28.7 Å². The summed E-state index contributed by atoms with van der Waals surface area (Å²) in [6.07, 6.45) is 2.83. The lowest BCUT2D eigenvalue weighted by atomic mass is 10.1. The highest BCUT2D eigenvalue weighted by molar-refractivity contribution is 6.06. The van der Waals surface area contributed by atoms with E-state index in [0.29, 0.717) is 24.7 Å². The van der Waals surface area contributed by atoms with Crippen LogP contribution in [0.1, 0.15) is 34.3 Å². The second-order valence-corrected chi connectivity index (χ2v) is 11.3. The number of aromatic nitrogens is 2. The number of rotatable bonds is 8. The Hall–Kier alpha value is -4.96. The minimum atomic E-state index is -0.383. The number of nitrogens with zero attached hydrogens (tertiary/aromatic N) is 5. The van der Waals surface area contributed by atoms with Crippen molar-refractivity contribution in [2.24, 2.45) is 0 Å². The Morgan fingerprint density at radius 1 is 0.886 bits per heavy atom. The third-order valence-electron chi connectivity index (χ3n) is 8.13. The molecular formula is C34H37N7O3. The van der Waals surface area contributed by atoms with Crippen LogP contribution >= 0.6 is 0 Å². The van der Waals surface area contributed by atoms with Gasteiger partial charge in [0.15, 0.2) is 0 Å². The topological polar surface area (TPSA) is 103 Å². The highest BCUT2D eigenvalue weighted by Crippen LogP contribution is 2.31. The van der Waals surface area contributed by atoms with Crippen molar-refractivity contribution >= 4 is 40.5 Å². The molecule has 6 rings (SSSR count). The number of ether oxygens (including phenoxy) is 1. The summed E-state index contributed by atoms with van der Waals surface area (Å²) in [6, 6.07) is 21.3. The molecule has 0 unspecified atom stereocenters. The smallest absolute Gasteiger partial charge is 0.262 e. The van der Waals surface area contributed by atoms with E-state index >= 15 is 0 Å². The number of likely N-dealkylation sites (N-methyl/N-ethyl adjacent to an activating group) is 1. The van der Waals surface area contributed by atoms with Crippen molar-refractivity contribution in [2.75, 3.05) is 60.2 Å². The van der Waals surface area contributed by atoms with Crippen LogP contribution < -0.4 is 25.2 Å². The third kappa shape index (κ3) is 6.50. The standard InChI is InChI=1S/C34H37N7O3/c1-23-7-4-8-24(2)31(23)37-32(43)29-22-35-34(36-25-12-14-26(15-13-25)40-19-17-39(3)18-20-40)38-33(29)44-28-10-5-9-27(21-28)41-16-6-11-30(41)42/h4-5,7-10,12-15,21-22H,6,11,16-20H2,1-3H3,(H,37,43)(H,35,36,38). The SMILES string of the molecule is Cc1cccc(C)c1NC(=O)c1cnc(Nc2ccc(N3CCN(C)CC3)cc2)nc1Oc1cccc(N2CCCC2=O)c1. The molecule has 2 N–H and O–H groups in total. The maximum atomic E-state index is 13.6. The summed E-state index contributed by atoms with van der Waals surface area (Å²) in [5.41, 5.74) is 5.55. The lowest BCUT2D eigenvalue weighted by Gasteiger charge is -2.34. The minimum Gasteiger partial charge on any atom is -0.438 e. The monoisotopic (exact) mass is 591 g/mol. The van der Waals surface area contributed by atoms with Crippen molar-refractivity contribution < 1.29 is 14.3 Å². The lowest BCUT2D eigenvalue weighted by Crippen LogP contribution is -2.44. The lowest BCUT2D eigenvalue weighted by molar-refractivity contribution is -0.117. The molecule has 2 aliphatic heterocycles. The average molecular weight is 592 g/mol. The Morgan fingerprint density at radius 2 is 1.61 bits per heavy atom. The summed E-state index contributed by atoms with van der Waals surface area (Å²) >= 11 is 0. The molecule has 44 heavy (non-hydrogen) atoms. The van der Waals surface area contributed by atoms with E-state index < -0.39 is 0 Å². The Kier molecular flexibility index (Phi) is 8.42. The van der Waals surface area contributed by atoms with E-state index in [-0.39, 0.29) is 23.3 Å². The number of para-hydroxylation sites is 1. The minimum absolute atomic E-state index is 0.0861. The fourth-order valence-electron chi connectivity index (χ4n) is 5.55. The zero-order valence-corrected chi connectivity index (χ0v) is 25.3.